The van der Waals surface area contributed by atoms with Gasteiger partial charge < -0.3 is 5.32 Å². The van der Waals surface area contributed by atoms with Crippen molar-refractivity contribution in [3.8, 4) is 0 Å². The molecule has 0 amide bonds. The van der Waals surface area contributed by atoms with Gasteiger partial charge >= 0.3 is 0 Å². The quantitative estimate of drug-likeness (QED) is 0.756. The van der Waals surface area contributed by atoms with Crippen LogP contribution in [0.4, 0.5) is 0 Å². The number of rotatable bonds is 6. The number of aromatic amines is 1. The van der Waals surface area contributed by atoms with Crippen molar-refractivity contribution in [2.45, 2.75) is 52.1 Å². The normalized spacial score (nSPS) is 21.0. The number of H-pyrrole nitrogens is 1. The Hall–Kier alpha value is -0.870. The van der Waals surface area contributed by atoms with Crippen molar-refractivity contribution in [1.29, 1.82) is 0 Å². The highest BCUT2D eigenvalue weighted by Gasteiger charge is 2.23. The Balaban J connectivity index is 1.61. The van der Waals surface area contributed by atoms with Crippen molar-refractivity contribution in [2.75, 3.05) is 19.6 Å². The molecule has 0 bridgehead atoms. The van der Waals surface area contributed by atoms with Gasteiger partial charge in [-0.3, -0.25) is 10.00 Å². The minimum absolute atomic E-state index is 0.686. The predicted molar refractivity (Wildman–Crippen MR) is 74.8 cm³/mol. The summed E-state index contributed by atoms with van der Waals surface area (Å²) in [4.78, 5) is 2.55. The minimum Gasteiger partial charge on any atom is -0.313 e. The molecule has 1 unspecified atom stereocenters. The standard InChI is InChI=1S/C14H26N4/c1-11(2)18-8-6-14(10-18)15-7-4-5-13-9-16-17-12(13)3/h9,11,14-15H,4-8,10H2,1-3H3,(H,16,17). The molecule has 4 heteroatoms. The number of likely N-dealkylation sites (tertiary alicyclic amines) is 1. The first-order valence-electron chi connectivity index (χ1n) is 7.13. The summed E-state index contributed by atoms with van der Waals surface area (Å²) in [7, 11) is 0. The van der Waals surface area contributed by atoms with Crippen molar-refractivity contribution in [3.63, 3.8) is 0 Å². The lowest BCUT2D eigenvalue weighted by molar-refractivity contribution is 0.268. The van der Waals surface area contributed by atoms with Crippen LogP contribution in [0.25, 0.3) is 0 Å². The van der Waals surface area contributed by atoms with Gasteiger partial charge in [0.05, 0.1) is 6.20 Å². The number of nitrogens with zero attached hydrogens (tertiary/aromatic N) is 2. The largest absolute Gasteiger partial charge is 0.313 e. The molecule has 4 nitrogen and oxygen atoms in total. The number of aromatic nitrogens is 2. The van der Waals surface area contributed by atoms with Crippen LogP contribution in [0.3, 0.4) is 0 Å². The first-order valence-corrected chi connectivity index (χ1v) is 7.13. The highest BCUT2D eigenvalue weighted by Crippen LogP contribution is 2.12. The SMILES string of the molecule is Cc1[nH]ncc1CCCNC1CCN(C(C)C)C1. The molecule has 2 N–H and O–H groups in total. The molecule has 1 aliphatic rings. The van der Waals surface area contributed by atoms with Gasteiger partial charge in [-0.05, 0) is 58.7 Å². The monoisotopic (exact) mass is 250 g/mol. The molecule has 0 saturated carbocycles. The number of nitrogens with one attached hydrogen (secondary N) is 2. The Labute approximate surface area is 110 Å². The zero-order chi connectivity index (χ0) is 13.0. The van der Waals surface area contributed by atoms with Crippen LogP contribution in [0.2, 0.25) is 0 Å². The van der Waals surface area contributed by atoms with Crippen LogP contribution in [-0.4, -0.2) is 46.8 Å². The first-order chi connectivity index (χ1) is 8.66. The Kier molecular flexibility index (Phi) is 4.78. The Bertz CT molecular complexity index is 358. The first kappa shape index (κ1) is 13.6. The van der Waals surface area contributed by atoms with Gasteiger partial charge in [0.2, 0.25) is 0 Å². The lowest BCUT2D eigenvalue weighted by Crippen LogP contribution is -2.35. The van der Waals surface area contributed by atoms with E-state index in [1.54, 1.807) is 0 Å². The van der Waals surface area contributed by atoms with Crippen LogP contribution in [-0.2, 0) is 6.42 Å². The lowest BCUT2D eigenvalue weighted by Gasteiger charge is -2.20. The maximum Gasteiger partial charge on any atom is 0.0522 e. The number of hydrogen-bond donors (Lipinski definition) is 2. The molecule has 1 saturated heterocycles. The lowest BCUT2D eigenvalue weighted by atomic mass is 10.1. The molecule has 18 heavy (non-hydrogen) atoms. The summed E-state index contributed by atoms with van der Waals surface area (Å²) in [5.74, 6) is 0. The second kappa shape index (κ2) is 6.34. The van der Waals surface area contributed by atoms with Crippen LogP contribution >= 0.6 is 0 Å². The fourth-order valence-corrected chi connectivity index (χ4v) is 2.64. The van der Waals surface area contributed by atoms with Gasteiger partial charge in [0.1, 0.15) is 0 Å². The van der Waals surface area contributed by atoms with Gasteiger partial charge in [0.15, 0.2) is 0 Å². The molecule has 1 aromatic heterocycles. The van der Waals surface area contributed by atoms with Crippen LogP contribution in [0, 0.1) is 6.92 Å². The molecule has 0 aliphatic carbocycles. The smallest absolute Gasteiger partial charge is 0.0522 e. The van der Waals surface area contributed by atoms with Crippen LogP contribution in [0.15, 0.2) is 6.20 Å². The maximum atomic E-state index is 4.06. The van der Waals surface area contributed by atoms with Crippen molar-refractivity contribution < 1.29 is 0 Å². The fourth-order valence-electron chi connectivity index (χ4n) is 2.64. The summed E-state index contributed by atoms with van der Waals surface area (Å²) < 4.78 is 0. The van der Waals surface area contributed by atoms with E-state index in [2.05, 4.69) is 41.2 Å². The summed E-state index contributed by atoms with van der Waals surface area (Å²) in [6.45, 7) is 10.2. The molecule has 0 spiro atoms. The number of hydrogen-bond acceptors (Lipinski definition) is 3. The molecule has 0 radical (unpaired) electrons. The fraction of sp³-hybridized carbons (Fsp3) is 0.786. The van der Waals surface area contributed by atoms with E-state index in [1.807, 2.05) is 6.20 Å². The van der Waals surface area contributed by atoms with Gasteiger partial charge in [0, 0.05) is 24.3 Å². The van der Waals surface area contributed by atoms with Crippen molar-refractivity contribution >= 4 is 0 Å². The average Bonchev–Trinajstić information content (AvgIpc) is 2.94. The third-order valence-corrected chi connectivity index (χ3v) is 3.94. The Morgan fingerprint density at radius 1 is 1.56 bits per heavy atom. The minimum atomic E-state index is 0.686. The van der Waals surface area contributed by atoms with Gasteiger partial charge in [-0.1, -0.05) is 0 Å². The van der Waals surface area contributed by atoms with Crippen LogP contribution < -0.4 is 5.32 Å². The predicted octanol–water partition coefficient (Wildman–Crippen LogP) is 1.72. The highest BCUT2D eigenvalue weighted by molar-refractivity contribution is 5.14. The molecule has 102 valence electrons. The van der Waals surface area contributed by atoms with Crippen LogP contribution in [0.5, 0.6) is 0 Å². The number of aryl methyl sites for hydroxylation is 2. The molecule has 1 atom stereocenters. The summed E-state index contributed by atoms with van der Waals surface area (Å²) in [6.07, 6.45) is 5.56. The third-order valence-electron chi connectivity index (χ3n) is 3.94. The molecule has 1 aliphatic heterocycles. The van der Waals surface area contributed by atoms with E-state index in [1.165, 1.54) is 37.2 Å². The van der Waals surface area contributed by atoms with E-state index in [0.717, 1.165) is 13.0 Å². The van der Waals surface area contributed by atoms with Gasteiger partial charge in [0.25, 0.3) is 0 Å². The average molecular weight is 250 g/mol. The van der Waals surface area contributed by atoms with E-state index in [-0.39, 0.29) is 0 Å². The molecule has 1 aromatic rings. The molecule has 1 fully saturated rings. The van der Waals surface area contributed by atoms with E-state index < -0.39 is 0 Å². The summed E-state index contributed by atoms with van der Waals surface area (Å²) in [5, 5.41) is 10.7. The van der Waals surface area contributed by atoms with E-state index in [0.29, 0.717) is 12.1 Å². The van der Waals surface area contributed by atoms with Crippen molar-refractivity contribution in [3.05, 3.63) is 17.5 Å². The Morgan fingerprint density at radius 3 is 3.00 bits per heavy atom. The molecule has 2 rings (SSSR count). The molecular formula is C14H26N4. The highest BCUT2D eigenvalue weighted by atomic mass is 15.2. The van der Waals surface area contributed by atoms with Crippen LogP contribution in [0.1, 0.15) is 37.9 Å². The second-order valence-electron chi connectivity index (χ2n) is 5.65. The van der Waals surface area contributed by atoms with E-state index >= 15 is 0 Å². The third kappa shape index (κ3) is 3.56. The summed E-state index contributed by atoms with van der Waals surface area (Å²) >= 11 is 0. The van der Waals surface area contributed by atoms with Crippen molar-refractivity contribution in [1.82, 2.24) is 20.4 Å². The molecule has 2 heterocycles. The van der Waals surface area contributed by atoms with E-state index in [9.17, 15) is 0 Å². The van der Waals surface area contributed by atoms with Crippen molar-refractivity contribution in [2.24, 2.45) is 0 Å². The summed E-state index contributed by atoms with van der Waals surface area (Å²) in [5.41, 5.74) is 2.56. The zero-order valence-corrected chi connectivity index (χ0v) is 11.9. The zero-order valence-electron chi connectivity index (χ0n) is 11.9. The van der Waals surface area contributed by atoms with Gasteiger partial charge in [-0.2, -0.15) is 5.10 Å². The van der Waals surface area contributed by atoms with E-state index in [4.69, 9.17) is 0 Å². The molecular weight excluding hydrogens is 224 g/mol. The topological polar surface area (TPSA) is 44.0 Å². The van der Waals surface area contributed by atoms with Gasteiger partial charge in [-0.15, -0.1) is 0 Å². The Morgan fingerprint density at radius 2 is 2.39 bits per heavy atom. The second-order valence-corrected chi connectivity index (χ2v) is 5.65. The molecule has 0 aromatic carbocycles. The maximum absolute atomic E-state index is 4.06. The van der Waals surface area contributed by atoms with Gasteiger partial charge in [-0.25, -0.2) is 0 Å². The summed E-state index contributed by atoms with van der Waals surface area (Å²) in [6, 6.07) is 1.38.